The van der Waals surface area contributed by atoms with Crippen LogP contribution in [0.2, 0.25) is 0 Å². The molecule has 0 saturated carbocycles. The minimum Gasteiger partial charge on any atom is -0.451 e. The number of rotatable bonds is 1. The molecule has 0 bridgehead atoms. The van der Waals surface area contributed by atoms with Crippen LogP contribution in [0.3, 0.4) is 0 Å². The standard InChI is InChI=1S/C13H14N2O3/c14-9-1-2-11-8(5-9)6-12(18-11)13(17)15-4-3-10(16)7-15/h1-2,5-6,10,16H,3-4,7,14H2/t10-/m0/s1. The summed E-state index contributed by atoms with van der Waals surface area (Å²) in [6.07, 6.45) is 0.202. The quantitative estimate of drug-likeness (QED) is 0.741. The fourth-order valence-corrected chi connectivity index (χ4v) is 2.25. The molecule has 1 amide bonds. The molecule has 1 saturated heterocycles. The first kappa shape index (κ1) is 11.1. The van der Waals surface area contributed by atoms with Crippen LogP contribution in [0.25, 0.3) is 11.0 Å². The van der Waals surface area contributed by atoms with Crippen molar-refractivity contribution in [2.75, 3.05) is 18.8 Å². The Bertz CT molecular complexity index is 605. The van der Waals surface area contributed by atoms with Crippen molar-refractivity contribution in [3.05, 3.63) is 30.0 Å². The predicted molar refractivity (Wildman–Crippen MR) is 67.2 cm³/mol. The third-order valence-corrected chi connectivity index (χ3v) is 3.20. The van der Waals surface area contributed by atoms with Gasteiger partial charge in [-0.15, -0.1) is 0 Å². The highest BCUT2D eigenvalue weighted by atomic mass is 16.3. The molecule has 1 aromatic heterocycles. The van der Waals surface area contributed by atoms with Crippen molar-refractivity contribution in [1.82, 2.24) is 4.90 Å². The van der Waals surface area contributed by atoms with Gasteiger partial charge in [-0.25, -0.2) is 0 Å². The number of carbonyl (C=O) groups excluding carboxylic acids is 1. The fourth-order valence-electron chi connectivity index (χ4n) is 2.25. The second-order valence-electron chi connectivity index (χ2n) is 4.60. The number of anilines is 1. The van der Waals surface area contributed by atoms with E-state index in [4.69, 9.17) is 10.2 Å². The lowest BCUT2D eigenvalue weighted by Gasteiger charge is -2.12. The largest absolute Gasteiger partial charge is 0.451 e. The average Bonchev–Trinajstić information content (AvgIpc) is 2.93. The molecule has 1 aromatic carbocycles. The molecule has 3 rings (SSSR count). The monoisotopic (exact) mass is 246 g/mol. The first-order valence-electron chi connectivity index (χ1n) is 5.90. The predicted octanol–water partition coefficient (Wildman–Crippen LogP) is 1.22. The van der Waals surface area contributed by atoms with Crippen LogP contribution in [0.15, 0.2) is 28.7 Å². The Labute approximate surface area is 104 Å². The van der Waals surface area contributed by atoms with Crippen LogP contribution in [0.1, 0.15) is 17.0 Å². The number of benzene rings is 1. The summed E-state index contributed by atoms with van der Waals surface area (Å²) < 4.78 is 5.50. The Morgan fingerprint density at radius 3 is 3.00 bits per heavy atom. The van der Waals surface area contributed by atoms with Crippen molar-refractivity contribution in [2.24, 2.45) is 0 Å². The molecule has 0 spiro atoms. The van der Waals surface area contributed by atoms with Gasteiger partial charge < -0.3 is 20.2 Å². The summed E-state index contributed by atoms with van der Waals surface area (Å²) in [6, 6.07) is 6.95. The second kappa shape index (κ2) is 4.03. The van der Waals surface area contributed by atoms with E-state index in [-0.39, 0.29) is 5.91 Å². The van der Waals surface area contributed by atoms with E-state index in [0.717, 1.165) is 5.39 Å². The number of aliphatic hydroxyl groups excluding tert-OH is 1. The Morgan fingerprint density at radius 2 is 2.28 bits per heavy atom. The summed E-state index contributed by atoms with van der Waals surface area (Å²) in [6.45, 7) is 0.942. The van der Waals surface area contributed by atoms with Crippen molar-refractivity contribution >= 4 is 22.6 Å². The number of aliphatic hydroxyl groups is 1. The summed E-state index contributed by atoms with van der Waals surface area (Å²) in [4.78, 5) is 13.7. The van der Waals surface area contributed by atoms with Gasteiger partial charge in [0.25, 0.3) is 5.91 Å². The van der Waals surface area contributed by atoms with Gasteiger partial charge >= 0.3 is 0 Å². The van der Waals surface area contributed by atoms with Gasteiger partial charge in [0.2, 0.25) is 0 Å². The van der Waals surface area contributed by atoms with E-state index in [1.165, 1.54) is 0 Å². The van der Waals surface area contributed by atoms with Crippen LogP contribution in [-0.2, 0) is 0 Å². The van der Waals surface area contributed by atoms with Crippen LogP contribution in [0.5, 0.6) is 0 Å². The lowest BCUT2D eigenvalue weighted by atomic mass is 10.2. The Morgan fingerprint density at radius 1 is 1.44 bits per heavy atom. The van der Waals surface area contributed by atoms with Gasteiger partial charge in [0, 0.05) is 24.2 Å². The summed E-state index contributed by atoms with van der Waals surface area (Å²) >= 11 is 0. The number of hydrogen-bond acceptors (Lipinski definition) is 4. The van der Waals surface area contributed by atoms with Crippen molar-refractivity contribution < 1.29 is 14.3 Å². The molecule has 0 unspecified atom stereocenters. The molecule has 3 N–H and O–H groups in total. The molecular weight excluding hydrogens is 232 g/mol. The molecule has 5 heteroatoms. The molecule has 1 fully saturated rings. The Balaban J connectivity index is 1.92. The zero-order valence-electron chi connectivity index (χ0n) is 9.80. The molecule has 94 valence electrons. The fraction of sp³-hybridized carbons (Fsp3) is 0.308. The van der Waals surface area contributed by atoms with E-state index < -0.39 is 6.10 Å². The zero-order chi connectivity index (χ0) is 12.7. The molecular formula is C13H14N2O3. The van der Waals surface area contributed by atoms with Crippen molar-refractivity contribution in [3.63, 3.8) is 0 Å². The van der Waals surface area contributed by atoms with Gasteiger partial charge in [0.1, 0.15) is 5.58 Å². The minimum atomic E-state index is -0.422. The van der Waals surface area contributed by atoms with E-state index in [1.54, 1.807) is 29.2 Å². The molecule has 5 nitrogen and oxygen atoms in total. The molecule has 2 heterocycles. The van der Waals surface area contributed by atoms with Crippen molar-refractivity contribution in [1.29, 1.82) is 0 Å². The van der Waals surface area contributed by atoms with E-state index in [0.29, 0.717) is 36.5 Å². The Hall–Kier alpha value is -2.01. The highest BCUT2D eigenvalue weighted by Gasteiger charge is 2.27. The van der Waals surface area contributed by atoms with Gasteiger partial charge in [0.15, 0.2) is 5.76 Å². The minimum absolute atomic E-state index is 0.179. The highest BCUT2D eigenvalue weighted by molar-refractivity contribution is 5.96. The number of nitrogens with two attached hydrogens (primary N) is 1. The summed E-state index contributed by atoms with van der Waals surface area (Å²) in [7, 11) is 0. The maximum Gasteiger partial charge on any atom is 0.289 e. The highest BCUT2D eigenvalue weighted by Crippen LogP contribution is 2.23. The summed E-state index contributed by atoms with van der Waals surface area (Å²) in [5, 5.41) is 10.2. The smallest absolute Gasteiger partial charge is 0.289 e. The molecule has 0 aliphatic carbocycles. The van der Waals surface area contributed by atoms with Crippen LogP contribution in [0, 0.1) is 0 Å². The summed E-state index contributed by atoms with van der Waals surface area (Å²) in [5.41, 5.74) is 6.96. The number of fused-ring (bicyclic) bond motifs is 1. The number of likely N-dealkylation sites (tertiary alicyclic amines) is 1. The SMILES string of the molecule is Nc1ccc2oc(C(=O)N3CC[C@H](O)C3)cc2c1. The number of nitrogens with zero attached hydrogens (tertiary/aromatic N) is 1. The summed E-state index contributed by atoms with van der Waals surface area (Å²) in [5.74, 6) is 0.117. The van der Waals surface area contributed by atoms with E-state index in [1.807, 2.05) is 0 Å². The zero-order valence-corrected chi connectivity index (χ0v) is 9.80. The van der Waals surface area contributed by atoms with E-state index in [9.17, 15) is 9.90 Å². The third kappa shape index (κ3) is 1.82. The number of carbonyl (C=O) groups is 1. The van der Waals surface area contributed by atoms with Crippen molar-refractivity contribution in [2.45, 2.75) is 12.5 Å². The molecule has 0 radical (unpaired) electrons. The number of amides is 1. The normalized spacial score (nSPS) is 19.6. The van der Waals surface area contributed by atoms with Gasteiger partial charge in [-0.3, -0.25) is 4.79 Å². The number of furan rings is 1. The van der Waals surface area contributed by atoms with Crippen LogP contribution in [0.4, 0.5) is 5.69 Å². The maximum atomic E-state index is 12.1. The molecule has 1 aliphatic heterocycles. The van der Waals surface area contributed by atoms with Crippen LogP contribution in [-0.4, -0.2) is 35.1 Å². The van der Waals surface area contributed by atoms with E-state index in [2.05, 4.69) is 0 Å². The number of hydrogen-bond donors (Lipinski definition) is 2. The van der Waals surface area contributed by atoms with Gasteiger partial charge in [0.05, 0.1) is 6.10 Å². The average molecular weight is 246 g/mol. The van der Waals surface area contributed by atoms with Gasteiger partial charge in [-0.05, 0) is 30.7 Å². The first-order valence-corrected chi connectivity index (χ1v) is 5.90. The third-order valence-electron chi connectivity index (χ3n) is 3.20. The molecule has 1 aliphatic rings. The first-order chi connectivity index (χ1) is 8.63. The lowest BCUT2D eigenvalue weighted by Crippen LogP contribution is -2.29. The van der Waals surface area contributed by atoms with Gasteiger partial charge in [-0.2, -0.15) is 0 Å². The maximum absolute atomic E-state index is 12.1. The molecule has 2 aromatic rings. The van der Waals surface area contributed by atoms with E-state index >= 15 is 0 Å². The topological polar surface area (TPSA) is 79.7 Å². The van der Waals surface area contributed by atoms with Gasteiger partial charge in [-0.1, -0.05) is 0 Å². The Kier molecular flexibility index (Phi) is 2.48. The van der Waals surface area contributed by atoms with Crippen molar-refractivity contribution in [3.8, 4) is 0 Å². The lowest BCUT2D eigenvalue weighted by molar-refractivity contribution is 0.0736. The number of nitrogen functional groups attached to an aromatic ring is 1. The second-order valence-corrected chi connectivity index (χ2v) is 4.60. The number of β-amino-alcohol motifs (C(OH)–C–C–N with tert-alkyl or cyclic N) is 1. The molecule has 18 heavy (non-hydrogen) atoms. The van der Waals surface area contributed by atoms with Crippen LogP contribution >= 0.6 is 0 Å². The van der Waals surface area contributed by atoms with Crippen LogP contribution < -0.4 is 5.73 Å². The molecule has 1 atom stereocenters.